The average molecular weight is 461 g/mol. The van der Waals surface area contributed by atoms with E-state index in [0.29, 0.717) is 29.3 Å². The number of benzene rings is 3. The highest BCUT2D eigenvalue weighted by Crippen LogP contribution is 2.37. The van der Waals surface area contributed by atoms with Gasteiger partial charge in [0.2, 0.25) is 5.91 Å². The summed E-state index contributed by atoms with van der Waals surface area (Å²) in [6, 6.07) is 15.3. The number of rotatable bonds is 6. The molecule has 0 radical (unpaired) electrons. The second-order valence-corrected chi connectivity index (χ2v) is 8.51. The van der Waals surface area contributed by atoms with Crippen LogP contribution in [0.2, 0.25) is 0 Å². The van der Waals surface area contributed by atoms with Crippen LogP contribution in [0.3, 0.4) is 0 Å². The number of carbonyl (C=O) groups is 1. The Morgan fingerprint density at radius 2 is 1.62 bits per heavy atom. The lowest BCUT2D eigenvalue weighted by Gasteiger charge is -2.33. The number of fused-ring (bicyclic) bond motifs is 4. The van der Waals surface area contributed by atoms with E-state index >= 15 is 0 Å². The van der Waals surface area contributed by atoms with E-state index in [1.807, 2.05) is 55.5 Å². The first-order valence-electron chi connectivity index (χ1n) is 11.3. The number of nitrogens with one attached hydrogen (secondary N) is 1. The molecule has 1 aromatic heterocycles. The van der Waals surface area contributed by atoms with E-state index in [2.05, 4.69) is 10.2 Å². The molecule has 5 rings (SSSR count). The Labute approximate surface area is 198 Å². The maximum atomic E-state index is 13.2. The largest absolute Gasteiger partial charge is 0.495 e. The molecule has 0 saturated carbocycles. The van der Waals surface area contributed by atoms with E-state index in [0.717, 1.165) is 40.6 Å². The Hall–Kier alpha value is -3.71. The van der Waals surface area contributed by atoms with Crippen LogP contribution in [0, 0.1) is 0 Å². The molecule has 1 aliphatic heterocycles. The molecule has 0 saturated heterocycles. The number of nitrogens with zero attached hydrogens (tertiary/aromatic N) is 1. The van der Waals surface area contributed by atoms with Gasteiger partial charge >= 0.3 is 0 Å². The summed E-state index contributed by atoms with van der Waals surface area (Å²) in [5.41, 5.74) is 4.46. The molecule has 1 amide bonds. The highest BCUT2D eigenvalue weighted by Gasteiger charge is 2.27. The number of hydrogen-bond donors (Lipinski definition) is 1. The van der Waals surface area contributed by atoms with Crippen LogP contribution in [-0.4, -0.2) is 44.7 Å². The van der Waals surface area contributed by atoms with Crippen molar-refractivity contribution in [3.8, 4) is 17.2 Å². The minimum absolute atomic E-state index is 0.0994. The summed E-state index contributed by atoms with van der Waals surface area (Å²) in [6.45, 7) is 3.36. The third-order valence-corrected chi connectivity index (χ3v) is 6.63. The van der Waals surface area contributed by atoms with Crippen LogP contribution in [0.5, 0.6) is 17.2 Å². The first kappa shape index (κ1) is 22.1. The van der Waals surface area contributed by atoms with Crippen LogP contribution in [0.4, 0.5) is 5.69 Å². The van der Waals surface area contributed by atoms with Gasteiger partial charge in [-0.2, -0.15) is 0 Å². The zero-order chi connectivity index (χ0) is 23.8. The zero-order valence-electron chi connectivity index (χ0n) is 19.8. The number of amides is 1. The van der Waals surface area contributed by atoms with E-state index in [1.165, 1.54) is 5.56 Å². The van der Waals surface area contributed by atoms with E-state index in [1.54, 1.807) is 21.3 Å². The van der Waals surface area contributed by atoms with E-state index in [-0.39, 0.29) is 11.9 Å². The normalized spacial score (nSPS) is 14.6. The summed E-state index contributed by atoms with van der Waals surface area (Å²) in [4.78, 5) is 15.4. The smallest absolute Gasteiger partial charge is 0.241 e. The number of furan rings is 1. The Morgan fingerprint density at radius 1 is 0.912 bits per heavy atom. The molecule has 7 nitrogen and oxygen atoms in total. The molecule has 0 aliphatic carbocycles. The van der Waals surface area contributed by atoms with Gasteiger partial charge in [-0.25, -0.2) is 0 Å². The summed E-state index contributed by atoms with van der Waals surface area (Å²) in [7, 11) is 4.88. The predicted molar refractivity (Wildman–Crippen MR) is 132 cm³/mol. The molecule has 1 atom stereocenters. The molecule has 1 N–H and O–H groups in total. The van der Waals surface area contributed by atoms with Gasteiger partial charge in [0.25, 0.3) is 0 Å². The number of ether oxygens (including phenoxy) is 3. The standard InChI is InChI=1S/C27H28N2O5/c1-16(29-10-9-17-11-25(32-3)26(33-4)12-18(17)15-29)27(30)28-21-14-23-20(13-24(21)31-2)19-7-5-6-8-22(19)34-23/h5-8,11-14,16H,9-10,15H2,1-4H3,(H,28,30). The van der Waals surface area contributed by atoms with Crippen molar-refractivity contribution in [2.24, 2.45) is 0 Å². The Bertz CT molecular complexity index is 1380. The second-order valence-electron chi connectivity index (χ2n) is 8.51. The van der Waals surface area contributed by atoms with E-state index in [4.69, 9.17) is 18.6 Å². The molecule has 1 aliphatic rings. The Kier molecular flexibility index (Phi) is 5.79. The number of carbonyl (C=O) groups excluding carboxylic acids is 1. The molecule has 1 unspecified atom stereocenters. The van der Waals surface area contributed by atoms with Crippen LogP contribution in [-0.2, 0) is 17.8 Å². The van der Waals surface area contributed by atoms with Gasteiger partial charge in [-0.05, 0) is 48.7 Å². The molecule has 0 bridgehead atoms. The van der Waals surface area contributed by atoms with Crippen molar-refractivity contribution in [1.29, 1.82) is 0 Å². The molecule has 0 spiro atoms. The third kappa shape index (κ3) is 3.82. The van der Waals surface area contributed by atoms with Crippen LogP contribution < -0.4 is 19.5 Å². The zero-order valence-corrected chi connectivity index (χ0v) is 19.8. The first-order valence-corrected chi connectivity index (χ1v) is 11.3. The number of para-hydroxylation sites is 1. The molecule has 34 heavy (non-hydrogen) atoms. The molecule has 2 heterocycles. The third-order valence-electron chi connectivity index (χ3n) is 6.63. The molecule has 176 valence electrons. The monoisotopic (exact) mass is 460 g/mol. The SMILES string of the molecule is COc1cc2c(cc1NC(=O)C(C)N1CCc3cc(OC)c(OC)cc3C1)oc1ccccc12. The highest BCUT2D eigenvalue weighted by atomic mass is 16.5. The Morgan fingerprint density at radius 3 is 2.35 bits per heavy atom. The van der Waals surface area contributed by atoms with Gasteiger partial charge in [0, 0.05) is 29.9 Å². The topological polar surface area (TPSA) is 73.2 Å². The summed E-state index contributed by atoms with van der Waals surface area (Å²) < 4.78 is 22.5. The average Bonchev–Trinajstić information content (AvgIpc) is 3.23. The fourth-order valence-electron chi connectivity index (χ4n) is 4.66. The quantitative estimate of drug-likeness (QED) is 0.437. The van der Waals surface area contributed by atoms with Crippen molar-refractivity contribution in [3.63, 3.8) is 0 Å². The summed E-state index contributed by atoms with van der Waals surface area (Å²) in [5, 5.41) is 5.02. The molecule has 0 fully saturated rings. The number of anilines is 1. The van der Waals surface area contributed by atoms with Gasteiger partial charge < -0.3 is 23.9 Å². The second kappa shape index (κ2) is 8.91. The van der Waals surface area contributed by atoms with Gasteiger partial charge in [0.05, 0.1) is 33.1 Å². The molecule has 3 aromatic carbocycles. The van der Waals surface area contributed by atoms with Crippen molar-refractivity contribution in [2.75, 3.05) is 33.2 Å². The first-order chi connectivity index (χ1) is 16.5. The number of hydrogen-bond acceptors (Lipinski definition) is 6. The maximum absolute atomic E-state index is 13.2. The lowest BCUT2D eigenvalue weighted by atomic mass is 9.97. The highest BCUT2D eigenvalue weighted by molar-refractivity contribution is 6.08. The van der Waals surface area contributed by atoms with E-state index in [9.17, 15) is 4.79 Å². The van der Waals surface area contributed by atoms with Crippen molar-refractivity contribution in [3.05, 3.63) is 59.7 Å². The van der Waals surface area contributed by atoms with Crippen molar-refractivity contribution < 1.29 is 23.4 Å². The fourth-order valence-corrected chi connectivity index (χ4v) is 4.66. The van der Waals surface area contributed by atoms with Gasteiger partial charge in [-0.15, -0.1) is 0 Å². The molecule has 4 aromatic rings. The molecule has 7 heteroatoms. The predicted octanol–water partition coefficient (Wildman–Crippen LogP) is 5.00. The maximum Gasteiger partial charge on any atom is 0.241 e. The van der Waals surface area contributed by atoms with Crippen LogP contribution >= 0.6 is 0 Å². The van der Waals surface area contributed by atoms with Crippen LogP contribution in [0.25, 0.3) is 21.9 Å². The summed E-state index contributed by atoms with van der Waals surface area (Å²) in [5.74, 6) is 1.93. The summed E-state index contributed by atoms with van der Waals surface area (Å²) in [6.07, 6.45) is 0.835. The summed E-state index contributed by atoms with van der Waals surface area (Å²) >= 11 is 0. The molecular formula is C27H28N2O5. The minimum Gasteiger partial charge on any atom is -0.495 e. The number of methoxy groups -OCH3 is 3. The minimum atomic E-state index is -0.336. The van der Waals surface area contributed by atoms with E-state index < -0.39 is 0 Å². The van der Waals surface area contributed by atoms with Crippen LogP contribution in [0.1, 0.15) is 18.1 Å². The molecular weight excluding hydrogens is 432 g/mol. The van der Waals surface area contributed by atoms with Gasteiger partial charge in [0.1, 0.15) is 16.9 Å². The van der Waals surface area contributed by atoms with Crippen LogP contribution in [0.15, 0.2) is 52.9 Å². The lowest BCUT2D eigenvalue weighted by molar-refractivity contribution is -0.121. The van der Waals surface area contributed by atoms with Crippen molar-refractivity contribution in [2.45, 2.75) is 25.9 Å². The Balaban J connectivity index is 1.37. The van der Waals surface area contributed by atoms with Gasteiger partial charge in [-0.3, -0.25) is 9.69 Å². The lowest BCUT2D eigenvalue weighted by Crippen LogP contribution is -2.44. The van der Waals surface area contributed by atoms with Gasteiger partial charge in [0.15, 0.2) is 11.5 Å². The van der Waals surface area contributed by atoms with Crippen molar-refractivity contribution >= 4 is 33.5 Å². The van der Waals surface area contributed by atoms with Gasteiger partial charge in [-0.1, -0.05) is 18.2 Å². The fraction of sp³-hybridized carbons (Fsp3) is 0.296. The van der Waals surface area contributed by atoms with Crippen molar-refractivity contribution in [1.82, 2.24) is 4.90 Å².